The molecule has 1 fully saturated rings. The third kappa shape index (κ3) is 2.86. The van der Waals surface area contributed by atoms with E-state index in [1.807, 2.05) is 0 Å². The normalized spacial score (nSPS) is 24.9. The Balaban J connectivity index is 1.84. The van der Waals surface area contributed by atoms with Gasteiger partial charge >= 0.3 is 6.01 Å². The van der Waals surface area contributed by atoms with Crippen molar-refractivity contribution in [3.05, 3.63) is 5.89 Å². The number of nitrogens with one attached hydrogen (secondary N) is 1. The van der Waals surface area contributed by atoms with Crippen molar-refractivity contribution in [1.82, 2.24) is 10.2 Å². The first kappa shape index (κ1) is 11.7. The van der Waals surface area contributed by atoms with Crippen molar-refractivity contribution in [2.75, 3.05) is 18.3 Å². The van der Waals surface area contributed by atoms with Gasteiger partial charge in [-0.1, -0.05) is 5.10 Å². The summed E-state index contributed by atoms with van der Waals surface area (Å²) in [6.45, 7) is 0. The Labute approximate surface area is 99.5 Å². The SMILES string of the molecule is COC1CCC(Nc2nnc(CCCl)o2)C1. The van der Waals surface area contributed by atoms with Crippen molar-refractivity contribution in [3.63, 3.8) is 0 Å². The highest BCUT2D eigenvalue weighted by molar-refractivity contribution is 6.17. The molecule has 0 amide bonds. The van der Waals surface area contributed by atoms with Crippen LogP contribution in [0.2, 0.25) is 0 Å². The predicted octanol–water partition coefficient (Wildman–Crippen LogP) is 1.83. The first-order chi connectivity index (χ1) is 7.81. The van der Waals surface area contributed by atoms with E-state index in [-0.39, 0.29) is 0 Å². The zero-order valence-electron chi connectivity index (χ0n) is 9.28. The van der Waals surface area contributed by atoms with E-state index in [0.717, 1.165) is 19.3 Å². The predicted molar refractivity (Wildman–Crippen MR) is 60.8 cm³/mol. The molecular weight excluding hydrogens is 230 g/mol. The molecule has 0 bridgehead atoms. The van der Waals surface area contributed by atoms with Crippen LogP contribution in [0.25, 0.3) is 0 Å². The summed E-state index contributed by atoms with van der Waals surface area (Å²) in [5.41, 5.74) is 0. The quantitative estimate of drug-likeness (QED) is 0.802. The van der Waals surface area contributed by atoms with Gasteiger partial charge in [0.2, 0.25) is 5.89 Å². The number of hydrogen-bond donors (Lipinski definition) is 1. The van der Waals surface area contributed by atoms with Gasteiger partial charge in [-0.3, -0.25) is 0 Å². The van der Waals surface area contributed by atoms with Crippen molar-refractivity contribution < 1.29 is 9.15 Å². The van der Waals surface area contributed by atoms with Gasteiger partial charge in [0, 0.05) is 25.5 Å². The second kappa shape index (κ2) is 5.50. The first-order valence-electron chi connectivity index (χ1n) is 5.49. The lowest BCUT2D eigenvalue weighted by Gasteiger charge is -2.09. The molecule has 2 atom stereocenters. The number of nitrogens with zero attached hydrogens (tertiary/aromatic N) is 2. The van der Waals surface area contributed by atoms with Crippen LogP contribution in [0.1, 0.15) is 25.2 Å². The number of ether oxygens (including phenoxy) is 1. The molecule has 5 nitrogen and oxygen atoms in total. The fraction of sp³-hybridized carbons (Fsp3) is 0.800. The lowest BCUT2D eigenvalue weighted by Crippen LogP contribution is -2.17. The number of aromatic nitrogens is 2. The molecule has 6 heteroatoms. The molecule has 16 heavy (non-hydrogen) atoms. The van der Waals surface area contributed by atoms with Gasteiger partial charge in [0.15, 0.2) is 0 Å². The molecule has 0 aliphatic heterocycles. The Hall–Kier alpha value is -0.810. The molecule has 1 aliphatic carbocycles. The summed E-state index contributed by atoms with van der Waals surface area (Å²) in [6, 6.07) is 0.858. The van der Waals surface area contributed by atoms with E-state index in [1.165, 1.54) is 0 Å². The first-order valence-corrected chi connectivity index (χ1v) is 6.03. The van der Waals surface area contributed by atoms with Crippen LogP contribution in [-0.4, -0.2) is 35.3 Å². The fourth-order valence-electron chi connectivity index (χ4n) is 1.95. The Bertz CT molecular complexity index is 332. The Kier molecular flexibility index (Phi) is 4.01. The van der Waals surface area contributed by atoms with Gasteiger partial charge in [0.25, 0.3) is 0 Å². The van der Waals surface area contributed by atoms with Gasteiger partial charge in [-0.05, 0) is 19.3 Å². The minimum absolute atomic E-state index is 0.350. The van der Waals surface area contributed by atoms with E-state index in [2.05, 4.69) is 15.5 Å². The standard InChI is InChI=1S/C10H16ClN3O2/c1-15-8-3-2-7(6-8)12-10-14-13-9(16-10)4-5-11/h7-8H,2-6H2,1H3,(H,12,14). The van der Waals surface area contributed by atoms with E-state index < -0.39 is 0 Å². The molecular formula is C10H16ClN3O2. The zero-order chi connectivity index (χ0) is 11.4. The van der Waals surface area contributed by atoms with Gasteiger partial charge in [-0.25, -0.2) is 0 Å². The summed E-state index contributed by atoms with van der Waals surface area (Å²) in [7, 11) is 1.75. The summed E-state index contributed by atoms with van der Waals surface area (Å²) in [4.78, 5) is 0. The zero-order valence-corrected chi connectivity index (χ0v) is 10.0. The maximum Gasteiger partial charge on any atom is 0.315 e. The van der Waals surface area contributed by atoms with Crippen LogP contribution >= 0.6 is 11.6 Å². The van der Waals surface area contributed by atoms with Crippen LogP contribution in [0, 0.1) is 0 Å². The maximum atomic E-state index is 5.59. The van der Waals surface area contributed by atoms with E-state index >= 15 is 0 Å². The lowest BCUT2D eigenvalue weighted by molar-refractivity contribution is 0.108. The minimum Gasteiger partial charge on any atom is -0.408 e. The number of hydrogen-bond acceptors (Lipinski definition) is 5. The summed E-state index contributed by atoms with van der Waals surface area (Å²) >= 11 is 5.59. The number of aryl methyl sites for hydroxylation is 1. The average molecular weight is 246 g/mol. The highest BCUT2D eigenvalue weighted by Gasteiger charge is 2.25. The van der Waals surface area contributed by atoms with E-state index in [1.54, 1.807) is 7.11 Å². The van der Waals surface area contributed by atoms with Crippen molar-refractivity contribution in [1.29, 1.82) is 0 Å². The monoisotopic (exact) mass is 245 g/mol. The highest BCUT2D eigenvalue weighted by Crippen LogP contribution is 2.24. The summed E-state index contributed by atoms with van der Waals surface area (Å²) in [6.07, 6.45) is 4.11. The second-order valence-corrected chi connectivity index (χ2v) is 4.33. The molecule has 0 radical (unpaired) electrons. The van der Waals surface area contributed by atoms with Crippen molar-refractivity contribution in [3.8, 4) is 0 Å². The van der Waals surface area contributed by atoms with Gasteiger partial charge < -0.3 is 14.5 Å². The van der Waals surface area contributed by atoms with E-state index in [0.29, 0.717) is 36.4 Å². The van der Waals surface area contributed by atoms with Crippen LogP contribution in [0.4, 0.5) is 6.01 Å². The lowest BCUT2D eigenvalue weighted by atomic mass is 10.2. The molecule has 1 N–H and O–H groups in total. The molecule has 1 saturated carbocycles. The summed E-state index contributed by atoms with van der Waals surface area (Å²) < 4.78 is 10.7. The van der Waals surface area contributed by atoms with Crippen LogP contribution in [-0.2, 0) is 11.2 Å². The number of alkyl halides is 1. The molecule has 0 spiro atoms. The summed E-state index contributed by atoms with van der Waals surface area (Å²) in [5.74, 6) is 1.08. The van der Waals surface area contributed by atoms with Crippen LogP contribution in [0.5, 0.6) is 0 Å². The number of methoxy groups -OCH3 is 1. The molecule has 1 aromatic rings. The number of rotatable bonds is 5. The Morgan fingerprint density at radius 1 is 1.50 bits per heavy atom. The van der Waals surface area contributed by atoms with Gasteiger partial charge in [0.05, 0.1) is 6.10 Å². The molecule has 1 aromatic heterocycles. The van der Waals surface area contributed by atoms with Gasteiger partial charge in [-0.15, -0.1) is 16.7 Å². The van der Waals surface area contributed by atoms with Crippen molar-refractivity contribution in [2.24, 2.45) is 0 Å². The van der Waals surface area contributed by atoms with Crippen molar-refractivity contribution in [2.45, 2.75) is 37.8 Å². The van der Waals surface area contributed by atoms with E-state index in [9.17, 15) is 0 Å². The second-order valence-electron chi connectivity index (χ2n) is 3.95. The topological polar surface area (TPSA) is 60.2 Å². The van der Waals surface area contributed by atoms with Crippen LogP contribution < -0.4 is 5.32 Å². The number of halogens is 1. The molecule has 0 aromatic carbocycles. The summed E-state index contributed by atoms with van der Waals surface area (Å²) in [5, 5.41) is 11.0. The smallest absolute Gasteiger partial charge is 0.315 e. The molecule has 2 unspecified atom stereocenters. The average Bonchev–Trinajstić information content (AvgIpc) is 2.89. The van der Waals surface area contributed by atoms with E-state index in [4.69, 9.17) is 20.8 Å². The third-order valence-electron chi connectivity index (χ3n) is 2.82. The Morgan fingerprint density at radius 3 is 3.06 bits per heavy atom. The van der Waals surface area contributed by atoms with Crippen LogP contribution in [0.15, 0.2) is 4.42 Å². The Morgan fingerprint density at radius 2 is 2.38 bits per heavy atom. The largest absolute Gasteiger partial charge is 0.408 e. The highest BCUT2D eigenvalue weighted by atomic mass is 35.5. The molecule has 0 saturated heterocycles. The minimum atomic E-state index is 0.350. The fourth-order valence-corrected chi connectivity index (χ4v) is 2.12. The van der Waals surface area contributed by atoms with Crippen molar-refractivity contribution >= 4 is 17.6 Å². The van der Waals surface area contributed by atoms with Gasteiger partial charge in [-0.2, -0.15) is 0 Å². The maximum absolute atomic E-state index is 5.59. The van der Waals surface area contributed by atoms with Gasteiger partial charge in [0.1, 0.15) is 0 Å². The van der Waals surface area contributed by atoms with Crippen LogP contribution in [0.3, 0.4) is 0 Å². The molecule has 1 aliphatic rings. The number of anilines is 1. The third-order valence-corrected chi connectivity index (χ3v) is 3.01. The molecule has 2 rings (SSSR count). The molecule has 90 valence electrons. The molecule has 1 heterocycles.